The van der Waals surface area contributed by atoms with Crippen molar-refractivity contribution in [3.05, 3.63) is 64.7 Å². The van der Waals surface area contributed by atoms with E-state index in [9.17, 15) is 9.90 Å². The molecule has 0 aliphatic carbocycles. The molecule has 0 saturated carbocycles. The fourth-order valence-electron chi connectivity index (χ4n) is 3.55. The topological polar surface area (TPSA) is 89.6 Å². The van der Waals surface area contributed by atoms with Gasteiger partial charge >= 0.3 is 5.97 Å². The van der Waals surface area contributed by atoms with Crippen molar-refractivity contribution in [3.63, 3.8) is 0 Å². The van der Waals surface area contributed by atoms with Crippen molar-refractivity contribution in [1.82, 2.24) is 10.3 Å². The molecular weight excluding hydrogens is 402 g/mol. The molecule has 0 aromatic heterocycles. The van der Waals surface area contributed by atoms with E-state index >= 15 is 0 Å². The molecule has 4 rings (SSSR count). The lowest BCUT2D eigenvalue weighted by atomic mass is 10.0. The number of hydrogen-bond donors (Lipinski definition) is 2. The number of likely N-dealkylation sites (tertiary alicyclic amines) is 1. The van der Waals surface area contributed by atoms with Gasteiger partial charge < -0.3 is 5.11 Å². The number of aliphatic carboxylic acids is 1. The monoisotopic (exact) mass is 423 g/mol. The van der Waals surface area contributed by atoms with Crippen LogP contribution in [-0.2, 0) is 4.79 Å². The molecule has 2 aliphatic rings. The van der Waals surface area contributed by atoms with Crippen LogP contribution in [0, 0.1) is 0 Å². The predicted molar refractivity (Wildman–Crippen MR) is 119 cm³/mol. The lowest BCUT2D eigenvalue weighted by molar-refractivity contribution is -0.129. The fraction of sp³-hybridized carbons (Fsp3) is 0.273. The average Bonchev–Trinajstić information content (AvgIpc) is 3.19. The number of hydrogen-bond acceptors (Lipinski definition) is 6. The van der Waals surface area contributed by atoms with Crippen LogP contribution in [-0.4, -0.2) is 59.4 Å². The van der Waals surface area contributed by atoms with Crippen LogP contribution in [0.4, 0.5) is 5.69 Å². The number of hydrazone groups is 1. The number of carboxylic acid groups (broad SMARTS) is 1. The van der Waals surface area contributed by atoms with E-state index < -0.39 is 5.97 Å². The van der Waals surface area contributed by atoms with Crippen LogP contribution < -0.4 is 5.43 Å². The van der Waals surface area contributed by atoms with E-state index in [1.807, 2.05) is 42.5 Å². The molecule has 0 unspecified atom stereocenters. The highest BCUT2D eigenvalue weighted by atomic mass is 35.5. The second-order valence-corrected chi connectivity index (χ2v) is 7.65. The Labute approximate surface area is 179 Å². The summed E-state index contributed by atoms with van der Waals surface area (Å²) in [6.07, 6.45) is 2.17. The number of rotatable bonds is 5. The van der Waals surface area contributed by atoms with Gasteiger partial charge in [0.05, 0.1) is 17.9 Å². The Morgan fingerprint density at radius 2 is 1.93 bits per heavy atom. The molecule has 8 heteroatoms. The van der Waals surface area contributed by atoms with Gasteiger partial charge in [0.25, 0.3) is 0 Å². The van der Waals surface area contributed by atoms with Crippen molar-refractivity contribution in [3.8, 4) is 0 Å². The lowest BCUT2D eigenvalue weighted by Crippen LogP contribution is -2.34. The summed E-state index contributed by atoms with van der Waals surface area (Å²) < 4.78 is 0. The highest BCUT2D eigenvalue weighted by molar-refractivity contribution is 6.36. The van der Waals surface area contributed by atoms with E-state index in [-0.39, 0.29) is 12.3 Å². The third-order valence-electron chi connectivity index (χ3n) is 5.04. The number of carbonyl (C=O) groups is 1. The van der Waals surface area contributed by atoms with Gasteiger partial charge in [-0.25, -0.2) is 9.79 Å². The fourth-order valence-corrected chi connectivity index (χ4v) is 3.73. The minimum atomic E-state index is -1.04. The van der Waals surface area contributed by atoms with Gasteiger partial charge in [0.15, 0.2) is 5.71 Å². The highest BCUT2D eigenvalue weighted by Crippen LogP contribution is 2.28. The molecule has 0 radical (unpaired) electrons. The van der Waals surface area contributed by atoms with Crippen LogP contribution in [0.25, 0.3) is 0 Å². The van der Waals surface area contributed by atoms with Gasteiger partial charge in [-0.05, 0) is 44.1 Å². The van der Waals surface area contributed by atoms with Gasteiger partial charge in [-0.3, -0.25) is 15.3 Å². The molecule has 1 fully saturated rings. The molecular formula is C22H22ClN5O2. The molecule has 0 bridgehead atoms. The summed E-state index contributed by atoms with van der Waals surface area (Å²) in [4.78, 5) is 23.1. The molecule has 0 atom stereocenters. The van der Waals surface area contributed by atoms with E-state index in [1.54, 1.807) is 6.07 Å². The van der Waals surface area contributed by atoms with Crippen LogP contribution in [0.2, 0.25) is 5.02 Å². The quantitative estimate of drug-likeness (QED) is 0.570. The summed E-state index contributed by atoms with van der Waals surface area (Å²) >= 11 is 6.23. The molecule has 0 spiro atoms. The van der Waals surface area contributed by atoms with Crippen LogP contribution in [0.5, 0.6) is 0 Å². The van der Waals surface area contributed by atoms with Gasteiger partial charge in [-0.1, -0.05) is 41.9 Å². The van der Waals surface area contributed by atoms with Crippen molar-refractivity contribution >= 4 is 40.5 Å². The average molecular weight is 424 g/mol. The molecule has 7 nitrogen and oxygen atoms in total. The first kappa shape index (κ1) is 20.3. The Hall–Kier alpha value is -3.03. The van der Waals surface area contributed by atoms with Crippen LogP contribution >= 0.6 is 11.6 Å². The van der Waals surface area contributed by atoms with Crippen molar-refractivity contribution in [1.29, 1.82) is 0 Å². The number of aliphatic imine (C=N–C) groups is 2. The van der Waals surface area contributed by atoms with Gasteiger partial charge in [0.1, 0.15) is 5.84 Å². The first-order valence-corrected chi connectivity index (χ1v) is 10.2. The van der Waals surface area contributed by atoms with Crippen molar-refractivity contribution in [2.75, 3.05) is 26.2 Å². The summed E-state index contributed by atoms with van der Waals surface area (Å²) in [6.45, 7) is 2.34. The zero-order chi connectivity index (χ0) is 20.9. The van der Waals surface area contributed by atoms with Crippen LogP contribution in [0.3, 0.4) is 0 Å². The lowest BCUT2D eigenvalue weighted by Gasteiger charge is -2.14. The maximum atomic E-state index is 11.6. The van der Waals surface area contributed by atoms with Gasteiger partial charge in [-0.15, -0.1) is 0 Å². The first-order chi connectivity index (χ1) is 14.6. The maximum Gasteiger partial charge on any atom is 0.353 e. The molecule has 154 valence electrons. The van der Waals surface area contributed by atoms with E-state index in [0.717, 1.165) is 42.8 Å². The number of nitrogens with one attached hydrogen (secondary N) is 1. The van der Waals surface area contributed by atoms with E-state index in [1.165, 1.54) is 0 Å². The highest BCUT2D eigenvalue weighted by Gasteiger charge is 2.20. The Bertz CT molecular complexity index is 1030. The molecule has 2 aromatic carbocycles. The van der Waals surface area contributed by atoms with Gasteiger partial charge in [0.2, 0.25) is 0 Å². The molecule has 0 amide bonds. The molecule has 1 saturated heterocycles. The van der Waals surface area contributed by atoms with Crippen LogP contribution in [0.15, 0.2) is 63.6 Å². The number of amidine groups is 1. The Morgan fingerprint density at radius 1 is 1.17 bits per heavy atom. The van der Waals surface area contributed by atoms with Crippen molar-refractivity contribution in [2.45, 2.75) is 12.8 Å². The number of fused-ring (bicyclic) bond motifs is 1. The SMILES string of the molecule is O=C(O)C(CN1CCCC1)=NNC1=Nc2ccc(Cl)cc2C(c2ccccc2)=NC1. The van der Waals surface area contributed by atoms with Crippen molar-refractivity contribution < 1.29 is 9.90 Å². The summed E-state index contributed by atoms with van der Waals surface area (Å²) in [6, 6.07) is 15.3. The minimum absolute atomic E-state index is 0.0624. The van der Waals surface area contributed by atoms with E-state index in [2.05, 4.69) is 20.4 Å². The summed E-state index contributed by atoms with van der Waals surface area (Å²) in [5, 5.41) is 14.3. The molecule has 2 aliphatic heterocycles. The molecule has 2 aromatic rings. The third kappa shape index (κ3) is 4.75. The Balaban J connectivity index is 1.62. The van der Waals surface area contributed by atoms with Crippen molar-refractivity contribution in [2.24, 2.45) is 15.1 Å². The van der Waals surface area contributed by atoms with Gasteiger partial charge in [-0.2, -0.15) is 5.10 Å². The number of halogens is 1. The summed E-state index contributed by atoms with van der Waals surface area (Å²) in [7, 11) is 0. The Morgan fingerprint density at radius 3 is 2.67 bits per heavy atom. The number of nitrogens with zero attached hydrogens (tertiary/aromatic N) is 4. The third-order valence-corrected chi connectivity index (χ3v) is 5.28. The standard InChI is InChI=1S/C22H22ClN5O2/c23-16-8-9-18-17(12-16)21(15-6-2-1-3-7-15)24-13-20(25-18)27-26-19(22(29)30)14-28-10-4-5-11-28/h1-3,6-9,12H,4-5,10-11,13-14H2,(H,25,27)(H,29,30). The first-order valence-electron chi connectivity index (χ1n) is 9.86. The zero-order valence-corrected chi connectivity index (χ0v) is 17.1. The smallest absolute Gasteiger partial charge is 0.353 e. The Kier molecular flexibility index (Phi) is 6.21. The number of benzene rings is 2. The second kappa shape index (κ2) is 9.19. The summed E-state index contributed by atoms with van der Waals surface area (Å²) in [5.41, 5.74) is 6.17. The number of carboxylic acids is 1. The maximum absolute atomic E-state index is 11.6. The summed E-state index contributed by atoms with van der Waals surface area (Å²) in [5.74, 6) is -0.561. The van der Waals surface area contributed by atoms with E-state index in [4.69, 9.17) is 16.6 Å². The minimum Gasteiger partial charge on any atom is -0.477 e. The van der Waals surface area contributed by atoms with Gasteiger partial charge in [0, 0.05) is 22.7 Å². The second-order valence-electron chi connectivity index (χ2n) is 7.21. The van der Waals surface area contributed by atoms with E-state index in [0.29, 0.717) is 23.1 Å². The molecule has 30 heavy (non-hydrogen) atoms. The zero-order valence-electron chi connectivity index (χ0n) is 16.4. The normalized spacial score (nSPS) is 17.0. The molecule has 2 heterocycles. The largest absolute Gasteiger partial charge is 0.477 e. The van der Waals surface area contributed by atoms with Crippen LogP contribution in [0.1, 0.15) is 24.0 Å². The predicted octanol–water partition coefficient (Wildman–Crippen LogP) is 3.35. The molecule has 2 N–H and O–H groups in total.